The average molecular weight is 322 g/mol. The zero-order valence-corrected chi connectivity index (χ0v) is 15.1. The van der Waals surface area contributed by atoms with Crippen molar-refractivity contribution in [3.05, 3.63) is 0 Å². The molecule has 0 aromatic rings. The monoisotopic (exact) mass is 321 g/mol. The first kappa shape index (κ1) is 17.1. The molecule has 0 bridgehead atoms. The summed E-state index contributed by atoms with van der Waals surface area (Å²) in [6.07, 6.45) is 12.4. The second-order valence-corrected chi connectivity index (χ2v) is 8.10. The van der Waals surface area contributed by atoms with E-state index in [1.807, 2.05) is 14.2 Å². The molecule has 0 radical (unpaired) electrons. The van der Waals surface area contributed by atoms with Crippen LogP contribution in [0.25, 0.3) is 0 Å². The van der Waals surface area contributed by atoms with E-state index in [9.17, 15) is 0 Å². The first-order valence-electron chi connectivity index (χ1n) is 9.70. The van der Waals surface area contributed by atoms with Gasteiger partial charge in [0, 0.05) is 33.9 Å². The van der Waals surface area contributed by atoms with Gasteiger partial charge in [-0.25, -0.2) is 0 Å². The van der Waals surface area contributed by atoms with Crippen LogP contribution in [-0.4, -0.2) is 39.8 Å². The molecule has 3 aliphatic rings. The highest BCUT2D eigenvalue weighted by Gasteiger charge is 2.41. The normalized spacial score (nSPS) is 24.2. The Kier molecular flexibility index (Phi) is 5.84. The topological polar surface area (TPSA) is 45.7 Å². The van der Waals surface area contributed by atoms with Crippen molar-refractivity contribution in [2.75, 3.05) is 33.9 Å². The second kappa shape index (κ2) is 7.87. The number of nitrogens with one attached hydrogen (secondary N) is 2. The van der Waals surface area contributed by atoms with Crippen LogP contribution in [0.1, 0.15) is 57.8 Å². The van der Waals surface area contributed by atoms with E-state index in [2.05, 4.69) is 15.6 Å². The highest BCUT2D eigenvalue weighted by Crippen LogP contribution is 2.48. The number of hydrogen-bond donors (Lipinski definition) is 2. The molecule has 23 heavy (non-hydrogen) atoms. The van der Waals surface area contributed by atoms with E-state index in [1.54, 1.807) is 0 Å². The fourth-order valence-corrected chi connectivity index (χ4v) is 4.43. The van der Waals surface area contributed by atoms with Crippen molar-refractivity contribution in [1.29, 1.82) is 0 Å². The minimum absolute atomic E-state index is 0.417. The summed E-state index contributed by atoms with van der Waals surface area (Å²) in [7, 11) is 3.71. The number of nitrogens with zero attached hydrogens (tertiary/aromatic N) is 1. The maximum atomic E-state index is 5.33. The highest BCUT2D eigenvalue weighted by molar-refractivity contribution is 5.79. The van der Waals surface area contributed by atoms with E-state index in [0.717, 1.165) is 43.4 Å². The van der Waals surface area contributed by atoms with Crippen molar-refractivity contribution in [2.45, 2.75) is 57.8 Å². The predicted molar refractivity (Wildman–Crippen MR) is 95.7 cm³/mol. The summed E-state index contributed by atoms with van der Waals surface area (Å²) in [5, 5.41) is 7.24. The fraction of sp³-hybridized carbons (Fsp3) is 0.947. The molecule has 3 fully saturated rings. The highest BCUT2D eigenvalue weighted by atomic mass is 16.5. The molecule has 0 aromatic heterocycles. The van der Waals surface area contributed by atoms with E-state index < -0.39 is 0 Å². The SMILES string of the molecule is CN=C(NCC(C1CC1)C1CC1)NCC1(CCOC)CCCC1. The van der Waals surface area contributed by atoms with Crippen LogP contribution in [-0.2, 0) is 4.74 Å². The van der Waals surface area contributed by atoms with Gasteiger partial charge in [-0.15, -0.1) is 0 Å². The summed E-state index contributed by atoms with van der Waals surface area (Å²) in [5.74, 6) is 3.88. The van der Waals surface area contributed by atoms with Crippen LogP contribution in [0.3, 0.4) is 0 Å². The lowest BCUT2D eigenvalue weighted by Gasteiger charge is -2.30. The molecule has 3 saturated carbocycles. The van der Waals surface area contributed by atoms with E-state index in [-0.39, 0.29) is 0 Å². The molecule has 3 aliphatic carbocycles. The Morgan fingerprint density at radius 3 is 2.30 bits per heavy atom. The number of methoxy groups -OCH3 is 1. The Balaban J connectivity index is 1.44. The Morgan fingerprint density at radius 2 is 1.78 bits per heavy atom. The van der Waals surface area contributed by atoms with Gasteiger partial charge in [0.25, 0.3) is 0 Å². The molecular weight excluding hydrogens is 286 g/mol. The average Bonchev–Trinajstić information content (AvgIpc) is 3.50. The van der Waals surface area contributed by atoms with E-state index in [0.29, 0.717) is 5.41 Å². The number of ether oxygens (including phenoxy) is 1. The lowest BCUT2D eigenvalue weighted by atomic mass is 9.83. The summed E-state index contributed by atoms with van der Waals surface area (Å²) < 4.78 is 5.33. The fourth-order valence-electron chi connectivity index (χ4n) is 4.43. The smallest absolute Gasteiger partial charge is 0.191 e. The predicted octanol–water partition coefficient (Wildman–Crippen LogP) is 3.18. The molecule has 0 saturated heterocycles. The van der Waals surface area contributed by atoms with Crippen LogP contribution < -0.4 is 10.6 Å². The molecule has 0 aromatic carbocycles. The number of rotatable bonds is 9. The van der Waals surface area contributed by atoms with Gasteiger partial charge >= 0.3 is 0 Å². The van der Waals surface area contributed by atoms with Gasteiger partial charge in [-0.3, -0.25) is 4.99 Å². The second-order valence-electron chi connectivity index (χ2n) is 8.10. The van der Waals surface area contributed by atoms with Gasteiger partial charge in [0.05, 0.1) is 0 Å². The first-order chi connectivity index (χ1) is 11.3. The minimum atomic E-state index is 0.417. The number of hydrogen-bond acceptors (Lipinski definition) is 2. The van der Waals surface area contributed by atoms with Gasteiger partial charge in [-0.1, -0.05) is 12.8 Å². The van der Waals surface area contributed by atoms with Crippen molar-refractivity contribution in [1.82, 2.24) is 10.6 Å². The zero-order valence-electron chi connectivity index (χ0n) is 15.1. The first-order valence-corrected chi connectivity index (χ1v) is 9.70. The van der Waals surface area contributed by atoms with Crippen LogP contribution in [0.5, 0.6) is 0 Å². The number of aliphatic imine (C=N–C) groups is 1. The maximum absolute atomic E-state index is 5.33. The Bertz CT molecular complexity index is 383. The molecule has 2 N–H and O–H groups in total. The van der Waals surface area contributed by atoms with Crippen LogP contribution in [0.15, 0.2) is 4.99 Å². The third-order valence-corrected chi connectivity index (χ3v) is 6.32. The van der Waals surface area contributed by atoms with E-state index >= 15 is 0 Å². The van der Waals surface area contributed by atoms with E-state index in [1.165, 1.54) is 57.8 Å². The van der Waals surface area contributed by atoms with Crippen LogP contribution in [0, 0.1) is 23.2 Å². The van der Waals surface area contributed by atoms with Gasteiger partial charge in [-0.2, -0.15) is 0 Å². The molecule has 0 heterocycles. The van der Waals surface area contributed by atoms with Crippen LogP contribution in [0.2, 0.25) is 0 Å². The van der Waals surface area contributed by atoms with Crippen LogP contribution >= 0.6 is 0 Å². The van der Waals surface area contributed by atoms with Crippen molar-refractivity contribution in [3.8, 4) is 0 Å². The molecule has 3 rings (SSSR count). The Labute approximate surface area is 141 Å². The van der Waals surface area contributed by atoms with E-state index in [4.69, 9.17) is 4.74 Å². The molecule has 4 nitrogen and oxygen atoms in total. The summed E-state index contributed by atoms with van der Waals surface area (Å²) in [4.78, 5) is 4.46. The molecule has 0 aliphatic heterocycles. The maximum Gasteiger partial charge on any atom is 0.191 e. The standard InChI is InChI=1S/C19H35N3O/c1-20-18(21-13-17(15-5-6-15)16-7-8-16)22-14-19(11-12-23-2)9-3-4-10-19/h15-17H,3-14H2,1-2H3,(H2,20,21,22). The molecule has 0 atom stereocenters. The van der Waals surface area contributed by atoms with Crippen molar-refractivity contribution < 1.29 is 4.74 Å². The van der Waals surface area contributed by atoms with Gasteiger partial charge in [0.15, 0.2) is 5.96 Å². The summed E-state index contributed by atoms with van der Waals surface area (Å²) in [5.41, 5.74) is 0.417. The molecule has 0 unspecified atom stereocenters. The van der Waals surface area contributed by atoms with Gasteiger partial charge in [-0.05, 0) is 68.1 Å². The Morgan fingerprint density at radius 1 is 1.13 bits per heavy atom. The molecular formula is C19H35N3O. The third kappa shape index (κ3) is 4.85. The van der Waals surface area contributed by atoms with Crippen molar-refractivity contribution in [2.24, 2.45) is 28.2 Å². The summed E-state index contributed by atoms with van der Waals surface area (Å²) in [6.45, 7) is 3.02. The van der Waals surface area contributed by atoms with Gasteiger partial charge in [0.1, 0.15) is 0 Å². The summed E-state index contributed by atoms with van der Waals surface area (Å²) in [6, 6.07) is 0. The van der Waals surface area contributed by atoms with Crippen LogP contribution in [0.4, 0.5) is 0 Å². The molecule has 0 spiro atoms. The molecule has 132 valence electrons. The van der Waals surface area contributed by atoms with Crippen molar-refractivity contribution in [3.63, 3.8) is 0 Å². The van der Waals surface area contributed by atoms with Gasteiger partial charge in [0.2, 0.25) is 0 Å². The van der Waals surface area contributed by atoms with Gasteiger partial charge < -0.3 is 15.4 Å². The summed E-state index contributed by atoms with van der Waals surface area (Å²) >= 11 is 0. The molecule has 4 heteroatoms. The largest absolute Gasteiger partial charge is 0.385 e. The Hall–Kier alpha value is -0.770. The quantitative estimate of drug-likeness (QED) is 0.506. The molecule has 0 amide bonds. The van der Waals surface area contributed by atoms with Crippen molar-refractivity contribution >= 4 is 5.96 Å². The lowest BCUT2D eigenvalue weighted by molar-refractivity contribution is 0.138. The zero-order chi connectivity index (χ0) is 16.1. The lowest BCUT2D eigenvalue weighted by Crippen LogP contribution is -2.45. The number of guanidine groups is 1. The third-order valence-electron chi connectivity index (χ3n) is 6.32. The minimum Gasteiger partial charge on any atom is -0.385 e.